The van der Waals surface area contributed by atoms with Gasteiger partial charge in [0.15, 0.2) is 0 Å². The van der Waals surface area contributed by atoms with Gasteiger partial charge in [-0.15, -0.1) is 0 Å². The summed E-state index contributed by atoms with van der Waals surface area (Å²) in [5, 5.41) is 7.79. The number of nitrogens with zero attached hydrogens (tertiary/aromatic N) is 2. The molecular formula is C11H21N3. The summed E-state index contributed by atoms with van der Waals surface area (Å²) >= 11 is 0. The number of nitrogens with one attached hydrogen (secondary N) is 1. The second kappa shape index (κ2) is 5.81. The molecule has 0 aliphatic rings. The van der Waals surface area contributed by atoms with E-state index in [1.165, 1.54) is 12.8 Å². The molecule has 0 aliphatic carbocycles. The van der Waals surface area contributed by atoms with E-state index < -0.39 is 0 Å². The molecule has 3 nitrogen and oxygen atoms in total. The van der Waals surface area contributed by atoms with Crippen molar-refractivity contribution in [3.8, 4) is 0 Å². The number of aromatic nitrogens is 2. The summed E-state index contributed by atoms with van der Waals surface area (Å²) in [7, 11) is 0. The highest BCUT2D eigenvalue weighted by atomic mass is 15.3. The van der Waals surface area contributed by atoms with Crippen molar-refractivity contribution < 1.29 is 0 Å². The largest absolute Gasteiger partial charge is 0.311 e. The minimum absolute atomic E-state index is 0.523. The van der Waals surface area contributed by atoms with E-state index in [4.69, 9.17) is 0 Å². The Balaban J connectivity index is 2.49. The molecule has 0 saturated carbocycles. The van der Waals surface area contributed by atoms with Gasteiger partial charge in [0.25, 0.3) is 0 Å². The van der Waals surface area contributed by atoms with Crippen LogP contribution in [0.1, 0.15) is 45.3 Å². The monoisotopic (exact) mass is 195 g/mol. The maximum Gasteiger partial charge on any atom is 0.0762 e. The predicted molar refractivity (Wildman–Crippen MR) is 59.2 cm³/mol. The molecule has 0 spiro atoms. The molecular weight excluding hydrogens is 174 g/mol. The molecule has 0 aliphatic heterocycles. The standard InChI is InChI=1S/C11H21N3/c1-4-6-10(3)14-8-7-11(13-14)9-12-5-2/h7-8,10,12H,4-6,9H2,1-3H3. The summed E-state index contributed by atoms with van der Waals surface area (Å²) in [6, 6.07) is 2.62. The van der Waals surface area contributed by atoms with E-state index in [9.17, 15) is 0 Å². The second-order valence-electron chi connectivity index (χ2n) is 3.71. The average Bonchev–Trinajstić information content (AvgIpc) is 2.63. The molecule has 14 heavy (non-hydrogen) atoms. The predicted octanol–water partition coefficient (Wildman–Crippen LogP) is 2.35. The summed E-state index contributed by atoms with van der Waals surface area (Å²) < 4.78 is 2.07. The molecule has 1 heterocycles. The van der Waals surface area contributed by atoms with Crippen molar-refractivity contribution in [1.29, 1.82) is 0 Å². The molecule has 0 fully saturated rings. The van der Waals surface area contributed by atoms with Gasteiger partial charge in [0, 0.05) is 18.8 Å². The van der Waals surface area contributed by atoms with Crippen molar-refractivity contribution in [2.75, 3.05) is 6.54 Å². The minimum atomic E-state index is 0.523. The lowest BCUT2D eigenvalue weighted by Crippen LogP contribution is -2.13. The van der Waals surface area contributed by atoms with Crippen LogP contribution in [0.15, 0.2) is 12.3 Å². The zero-order chi connectivity index (χ0) is 10.4. The van der Waals surface area contributed by atoms with Gasteiger partial charge in [-0.2, -0.15) is 5.10 Å². The minimum Gasteiger partial charge on any atom is -0.311 e. The van der Waals surface area contributed by atoms with Gasteiger partial charge in [-0.05, 0) is 26.0 Å². The summed E-state index contributed by atoms with van der Waals surface area (Å²) in [5.74, 6) is 0. The number of rotatable bonds is 6. The Morgan fingerprint density at radius 1 is 1.50 bits per heavy atom. The van der Waals surface area contributed by atoms with Crippen LogP contribution in [-0.2, 0) is 6.54 Å². The van der Waals surface area contributed by atoms with E-state index in [0.29, 0.717) is 6.04 Å². The quantitative estimate of drug-likeness (QED) is 0.755. The van der Waals surface area contributed by atoms with Gasteiger partial charge in [0.05, 0.1) is 5.69 Å². The highest BCUT2D eigenvalue weighted by Crippen LogP contribution is 2.11. The van der Waals surface area contributed by atoms with Crippen molar-refractivity contribution in [1.82, 2.24) is 15.1 Å². The van der Waals surface area contributed by atoms with Crippen molar-refractivity contribution in [2.45, 2.75) is 46.2 Å². The summed E-state index contributed by atoms with van der Waals surface area (Å²) in [6.07, 6.45) is 4.49. The Kier molecular flexibility index (Phi) is 4.66. The van der Waals surface area contributed by atoms with E-state index in [0.717, 1.165) is 18.8 Å². The third-order valence-electron chi connectivity index (χ3n) is 2.38. The SMILES string of the molecule is CCCC(C)n1ccc(CNCC)n1. The number of hydrogen-bond acceptors (Lipinski definition) is 2. The highest BCUT2D eigenvalue weighted by Gasteiger charge is 2.04. The Morgan fingerprint density at radius 2 is 2.29 bits per heavy atom. The van der Waals surface area contributed by atoms with Gasteiger partial charge in [-0.25, -0.2) is 0 Å². The number of hydrogen-bond donors (Lipinski definition) is 1. The molecule has 1 unspecified atom stereocenters. The van der Waals surface area contributed by atoms with Crippen LogP contribution in [-0.4, -0.2) is 16.3 Å². The van der Waals surface area contributed by atoms with Gasteiger partial charge in [0.2, 0.25) is 0 Å². The van der Waals surface area contributed by atoms with Gasteiger partial charge in [0.1, 0.15) is 0 Å². The first-order chi connectivity index (χ1) is 6.77. The molecule has 0 bridgehead atoms. The third-order valence-corrected chi connectivity index (χ3v) is 2.38. The Hall–Kier alpha value is -0.830. The van der Waals surface area contributed by atoms with Crippen LogP contribution in [0, 0.1) is 0 Å². The molecule has 1 rings (SSSR count). The maximum absolute atomic E-state index is 4.52. The van der Waals surface area contributed by atoms with Gasteiger partial charge in [-0.3, -0.25) is 4.68 Å². The van der Waals surface area contributed by atoms with Crippen LogP contribution in [0.4, 0.5) is 0 Å². The molecule has 1 atom stereocenters. The van der Waals surface area contributed by atoms with E-state index in [1.54, 1.807) is 0 Å². The van der Waals surface area contributed by atoms with E-state index in [-0.39, 0.29) is 0 Å². The molecule has 1 aromatic heterocycles. The first-order valence-corrected chi connectivity index (χ1v) is 5.52. The normalized spacial score (nSPS) is 13.1. The smallest absolute Gasteiger partial charge is 0.0762 e. The molecule has 0 amide bonds. The topological polar surface area (TPSA) is 29.9 Å². The Bertz CT molecular complexity index is 255. The highest BCUT2D eigenvalue weighted by molar-refractivity contribution is 4.99. The lowest BCUT2D eigenvalue weighted by atomic mass is 10.2. The fraction of sp³-hybridized carbons (Fsp3) is 0.727. The molecule has 3 heteroatoms. The summed E-state index contributed by atoms with van der Waals surface area (Å²) in [5.41, 5.74) is 1.13. The fourth-order valence-corrected chi connectivity index (χ4v) is 1.52. The Labute approximate surface area is 86.5 Å². The van der Waals surface area contributed by atoms with Crippen molar-refractivity contribution in [2.24, 2.45) is 0 Å². The second-order valence-corrected chi connectivity index (χ2v) is 3.71. The van der Waals surface area contributed by atoms with Gasteiger partial charge < -0.3 is 5.32 Å². The molecule has 1 N–H and O–H groups in total. The van der Waals surface area contributed by atoms with E-state index in [1.807, 2.05) is 0 Å². The average molecular weight is 195 g/mol. The summed E-state index contributed by atoms with van der Waals surface area (Å²) in [6.45, 7) is 8.41. The lowest BCUT2D eigenvalue weighted by Gasteiger charge is -2.10. The molecule has 0 radical (unpaired) electrons. The van der Waals surface area contributed by atoms with E-state index in [2.05, 4.69) is 48.1 Å². The van der Waals surface area contributed by atoms with Crippen LogP contribution >= 0.6 is 0 Å². The zero-order valence-electron chi connectivity index (χ0n) is 9.45. The van der Waals surface area contributed by atoms with Crippen LogP contribution in [0.3, 0.4) is 0 Å². The fourth-order valence-electron chi connectivity index (χ4n) is 1.52. The van der Waals surface area contributed by atoms with Crippen LogP contribution in [0.25, 0.3) is 0 Å². The first kappa shape index (κ1) is 11.2. The van der Waals surface area contributed by atoms with Crippen LogP contribution < -0.4 is 5.32 Å². The van der Waals surface area contributed by atoms with Crippen LogP contribution in [0.5, 0.6) is 0 Å². The van der Waals surface area contributed by atoms with Crippen LogP contribution in [0.2, 0.25) is 0 Å². The maximum atomic E-state index is 4.52. The van der Waals surface area contributed by atoms with Gasteiger partial charge in [-0.1, -0.05) is 20.3 Å². The lowest BCUT2D eigenvalue weighted by molar-refractivity contribution is 0.450. The van der Waals surface area contributed by atoms with Crippen molar-refractivity contribution in [3.63, 3.8) is 0 Å². The Morgan fingerprint density at radius 3 is 2.93 bits per heavy atom. The summed E-state index contributed by atoms with van der Waals surface area (Å²) in [4.78, 5) is 0. The van der Waals surface area contributed by atoms with E-state index >= 15 is 0 Å². The van der Waals surface area contributed by atoms with Crippen molar-refractivity contribution in [3.05, 3.63) is 18.0 Å². The molecule has 80 valence electrons. The molecule has 1 aromatic rings. The zero-order valence-corrected chi connectivity index (χ0v) is 9.45. The third kappa shape index (κ3) is 3.14. The molecule has 0 saturated heterocycles. The molecule has 0 aromatic carbocycles. The van der Waals surface area contributed by atoms with Crippen molar-refractivity contribution >= 4 is 0 Å². The van der Waals surface area contributed by atoms with Gasteiger partial charge >= 0.3 is 0 Å². The first-order valence-electron chi connectivity index (χ1n) is 5.52.